The fourth-order valence-corrected chi connectivity index (χ4v) is 4.01. The quantitative estimate of drug-likeness (QED) is 0.700. The second kappa shape index (κ2) is 9.65. The van der Waals surface area contributed by atoms with Crippen LogP contribution in [0.15, 0.2) is 54.6 Å². The van der Waals surface area contributed by atoms with Crippen LogP contribution in [0.3, 0.4) is 0 Å². The number of ether oxygens (including phenoxy) is 2. The Bertz CT molecular complexity index is 802. The topological polar surface area (TPSA) is 47.6 Å². The van der Waals surface area contributed by atoms with Crippen molar-refractivity contribution in [2.75, 3.05) is 19.8 Å². The molecule has 0 saturated carbocycles. The molecule has 1 heterocycles. The van der Waals surface area contributed by atoms with Gasteiger partial charge in [-0.2, -0.15) is 0 Å². The summed E-state index contributed by atoms with van der Waals surface area (Å²) in [6.07, 6.45) is 1.93. The van der Waals surface area contributed by atoms with E-state index in [1.165, 1.54) is 11.1 Å². The van der Waals surface area contributed by atoms with Gasteiger partial charge in [0.1, 0.15) is 5.75 Å². The molecule has 1 aliphatic heterocycles. The Morgan fingerprint density at radius 1 is 1.07 bits per heavy atom. The third-order valence-electron chi connectivity index (χ3n) is 6.10. The van der Waals surface area contributed by atoms with Crippen molar-refractivity contribution in [3.05, 3.63) is 65.7 Å². The largest absolute Gasteiger partial charge is 0.481 e. The Hall–Kier alpha value is -2.33. The predicted octanol–water partition coefficient (Wildman–Crippen LogP) is 5.01. The highest BCUT2D eigenvalue weighted by Gasteiger charge is 2.35. The van der Waals surface area contributed by atoms with Gasteiger partial charge < -0.3 is 14.8 Å². The first-order chi connectivity index (χ1) is 14.3. The van der Waals surface area contributed by atoms with Crippen LogP contribution in [0.25, 0.3) is 0 Å². The maximum Gasteiger partial charge on any atom is 0.261 e. The Balaban J connectivity index is 1.65. The molecule has 0 bridgehead atoms. The standard InChI is InChI=1S/C26H35NO3/c1-5-23(30-22-13-11-20(12-14-22)25(2,3)4)24(28)27-19-26(15-17-29-18-16-26)21-9-7-6-8-10-21/h6-14,23H,5,15-19H2,1-4H3,(H,27,28)/t23-/m0/s1. The Labute approximate surface area is 181 Å². The fraction of sp³-hybridized carbons (Fsp3) is 0.500. The number of amides is 1. The average Bonchev–Trinajstić information content (AvgIpc) is 2.77. The Morgan fingerprint density at radius 2 is 1.70 bits per heavy atom. The molecule has 1 saturated heterocycles. The van der Waals surface area contributed by atoms with E-state index in [-0.39, 0.29) is 16.7 Å². The number of benzene rings is 2. The van der Waals surface area contributed by atoms with Crippen molar-refractivity contribution in [2.24, 2.45) is 0 Å². The van der Waals surface area contributed by atoms with E-state index in [1.54, 1.807) is 0 Å². The molecule has 162 valence electrons. The minimum absolute atomic E-state index is 0.0563. The van der Waals surface area contributed by atoms with Gasteiger partial charge in [0, 0.05) is 25.2 Å². The zero-order chi connectivity index (χ0) is 21.6. The molecule has 0 unspecified atom stereocenters. The monoisotopic (exact) mass is 409 g/mol. The van der Waals surface area contributed by atoms with Gasteiger partial charge in [-0.05, 0) is 47.9 Å². The molecule has 4 heteroatoms. The summed E-state index contributed by atoms with van der Waals surface area (Å²) >= 11 is 0. The van der Waals surface area contributed by atoms with E-state index in [9.17, 15) is 4.79 Å². The molecule has 3 rings (SSSR count). The van der Waals surface area contributed by atoms with Gasteiger partial charge in [-0.3, -0.25) is 4.79 Å². The minimum atomic E-state index is -0.502. The lowest BCUT2D eigenvalue weighted by Gasteiger charge is -2.38. The maximum absolute atomic E-state index is 13.0. The van der Waals surface area contributed by atoms with Gasteiger partial charge in [0.15, 0.2) is 6.10 Å². The van der Waals surface area contributed by atoms with E-state index in [0.717, 1.165) is 31.8 Å². The number of rotatable bonds is 7. The van der Waals surface area contributed by atoms with Gasteiger partial charge >= 0.3 is 0 Å². The molecular weight excluding hydrogens is 374 g/mol. The lowest BCUT2D eigenvalue weighted by Crippen LogP contribution is -2.48. The van der Waals surface area contributed by atoms with E-state index in [4.69, 9.17) is 9.47 Å². The van der Waals surface area contributed by atoms with Crippen molar-refractivity contribution < 1.29 is 14.3 Å². The normalized spacial score (nSPS) is 17.2. The predicted molar refractivity (Wildman–Crippen MR) is 121 cm³/mol. The molecule has 0 radical (unpaired) electrons. The zero-order valence-corrected chi connectivity index (χ0v) is 18.7. The third kappa shape index (κ3) is 5.42. The Morgan fingerprint density at radius 3 is 2.27 bits per heavy atom. The number of nitrogens with one attached hydrogen (secondary N) is 1. The van der Waals surface area contributed by atoms with Crippen LogP contribution in [0, 0.1) is 0 Å². The van der Waals surface area contributed by atoms with Crippen LogP contribution < -0.4 is 10.1 Å². The molecule has 1 atom stereocenters. The van der Waals surface area contributed by atoms with Crippen molar-refractivity contribution in [2.45, 2.75) is 63.9 Å². The first-order valence-corrected chi connectivity index (χ1v) is 11.0. The van der Waals surface area contributed by atoms with E-state index in [1.807, 2.05) is 25.1 Å². The van der Waals surface area contributed by atoms with Gasteiger partial charge in [-0.25, -0.2) is 0 Å². The first-order valence-electron chi connectivity index (χ1n) is 11.0. The summed E-state index contributed by atoms with van der Waals surface area (Å²) in [6.45, 7) is 10.6. The molecule has 4 nitrogen and oxygen atoms in total. The molecule has 30 heavy (non-hydrogen) atoms. The van der Waals surface area contributed by atoms with Crippen LogP contribution in [-0.4, -0.2) is 31.8 Å². The van der Waals surface area contributed by atoms with Crippen molar-refractivity contribution in [3.63, 3.8) is 0 Å². The van der Waals surface area contributed by atoms with Crippen molar-refractivity contribution in [1.29, 1.82) is 0 Å². The lowest BCUT2D eigenvalue weighted by molar-refractivity contribution is -0.128. The molecule has 1 fully saturated rings. The maximum atomic E-state index is 13.0. The second-order valence-corrected chi connectivity index (χ2v) is 9.27. The molecule has 2 aromatic carbocycles. The van der Waals surface area contributed by atoms with Gasteiger partial charge in [0.2, 0.25) is 0 Å². The summed E-state index contributed by atoms with van der Waals surface area (Å²) < 4.78 is 11.6. The van der Waals surface area contributed by atoms with Crippen molar-refractivity contribution in [3.8, 4) is 5.75 Å². The van der Waals surface area contributed by atoms with E-state index in [2.05, 4.69) is 62.5 Å². The highest BCUT2D eigenvalue weighted by Crippen LogP contribution is 2.34. The average molecular weight is 410 g/mol. The van der Waals surface area contributed by atoms with Crippen LogP contribution >= 0.6 is 0 Å². The van der Waals surface area contributed by atoms with E-state index < -0.39 is 6.10 Å². The SMILES string of the molecule is CC[C@H](Oc1ccc(C(C)(C)C)cc1)C(=O)NCC1(c2ccccc2)CCOCC1. The molecule has 1 N–H and O–H groups in total. The summed E-state index contributed by atoms with van der Waals surface area (Å²) in [7, 11) is 0. The van der Waals surface area contributed by atoms with Crippen LogP contribution in [0.5, 0.6) is 5.75 Å². The van der Waals surface area contributed by atoms with Crippen LogP contribution in [0.4, 0.5) is 0 Å². The third-order valence-corrected chi connectivity index (χ3v) is 6.10. The highest BCUT2D eigenvalue weighted by atomic mass is 16.5. The molecule has 1 aliphatic rings. The van der Waals surface area contributed by atoms with Crippen molar-refractivity contribution >= 4 is 5.91 Å². The molecular formula is C26H35NO3. The molecule has 1 amide bonds. The molecule has 0 aromatic heterocycles. The number of carbonyl (C=O) groups is 1. The van der Waals surface area contributed by atoms with Crippen LogP contribution in [0.1, 0.15) is 58.1 Å². The minimum Gasteiger partial charge on any atom is -0.481 e. The van der Waals surface area contributed by atoms with Crippen LogP contribution in [0.2, 0.25) is 0 Å². The summed E-state index contributed by atoms with van der Waals surface area (Å²) in [6, 6.07) is 18.5. The van der Waals surface area contributed by atoms with Gasteiger partial charge in [-0.15, -0.1) is 0 Å². The number of carbonyl (C=O) groups excluding carboxylic acids is 1. The molecule has 2 aromatic rings. The van der Waals surface area contributed by atoms with Crippen LogP contribution in [-0.2, 0) is 20.4 Å². The zero-order valence-electron chi connectivity index (χ0n) is 18.7. The number of hydrogen-bond donors (Lipinski definition) is 1. The van der Waals surface area contributed by atoms with Crippen molar-refractivity contribution in [1.82, 2.24) is 5.32 Å². The van der Waals surface area contributed by atoms with E-state index in [0.29, 0.717) is 13.0 Å². The van der Waals surface area contributed by atoms with Gasteiger partial charge in [-0.1, -0.05) is 70.2 Å². The number of hydrogen-bond acceptors (Lipinski definition) is 3. The summed E-state index contributed by atoms with van der Waals surface area (Å²) in [4.78, 5) is 13.0. The highest BCUT2D eigenvalue weighted by molar-refractivity contribution is 5.81. The van der Waals surface area contributed by atoms with Gasteiger partial charge in [0.25, 0.3) is 5.91 Å². The lowest BCUT2D eigenvalue weighted by atomic mass is 9.74. The molecule has 0 spiro atoms. The summed E-state index contributed by atoms with van der Waals surface area (Å²) in [5.41, 5.74) is 2.52. The van der Waals surface area contributed by atoms with Gasteiger partial charge in [0.05, 0.1) is 0 Å². The first kappa shape index (κ1) is 22.4. The summed E-state index contributed by atoms with van der Waals surface area (Å²) in [5.74, 6) is 0.674. The smallest absolute Gasteiger partial charge is 0.261 e. The fourth-order valence-electron chi connectivity index (χ4n) is 4.01. The van der Waals surface area contributed by atoms with E-state index >= 15 is 0 Å². The second-order valence-electron chi connectivity index (χ2n) is 9.27. The summed E-state index contributed by atoms with van der Waals surface area (Å²) in [5, 5.41) is 3.18. The Kier molecular flexibility index (Phi) is 7.19. The molecule has 0 aliphatic carbocycles.